The summed E-state index contributed by atoms with van der Waals surface area (Å²) in [5, 5.41) is 3.82. The average molecular weight is 537 g/mol. The van der Waals surface area contributed by atoms with Crippen LogP contribution in [0, 0.1) is 28.6 Å². The maximum absolute atomic E-state index is 13.5. The standard InChI is InChI=1S/C34H52N2O3/c1-6-24(7-2)35-29(8-3)23-10-9-11-25(22-23)39-21-20-34-19-16-27-26(28(34)13-15-31(34)37)12-14-30-33(27,4)18-17-32(38)36(30)5/h9-11,22,24,26-30,35H,6-8,12-21H2,1-5H3/t26?,27?,28?,29?,30?,33-,34-/m1/s1. The molecule has 1 aromatic rings. The second kappa shape index (κ2) is 11.5. The van der Waals surface area contributed by atoms with Crippen molar-refractivity contribution in [2.75, 3.05) is 13.7 Å². The number of fused-ring (bicyclic) bond motifs is 5. The second-order valence-corrected chi connectivity index (χ2v) is 13.4. The van der Waals surface area contributed by atoms with Gasteiger partial charge in [0.15, 0.2) is 0 Å². The van der Waals surface area contributed by atoms with E-state index in [-0.39, 0.29) is 10.8 Å². The molecule has 1 heterocycles. The smallest absolute Gasteiger partial charge is 0.222 e. The monoisotopic (exact) mass is 536 g/mol. The number of ether oxygens (including phenoxy) is 1. The molecule has 4 fully saturated rings. The molecule has 1 amide bonds. The van der Waals surface area contributed by atoms with E-state index in [1.807, 2.05) is 7.05 Å². The molecule has 0 spiro atoms. The average Bonchev–Trinajstić information content (AvgIpc) is 3.28. The largest absolute Gasteiger partial charge is 0.494 e. The summed E-state index contributed by atoms with van der Waals surface area (Å²) in [5.41, 5.74) is 1.27. The fraction of sp³-hybridized carbons (Fsp3) is 0.765. The molecule has 3 saturated carbocycles. The fourth-order valence-corrected chi connectivity index (χ4v) is 9.62. The highest BCUT2D eigenvalue weighted by molar-refractivity contribution is 5.87. The fourth-order valence-electron chi connectivity index (χ4n) is 9.62. The molecule has 5 unspecified atom stereocenters. The third-order valence-electron chi connectivity index (χ3n) is 11.9. The number of likely N-dealkylation sites (tertiary alicyclic amines) is 1. The van der Waals surface area contributed by atoms with Crippen LogP contribution in [-0.2, 0) is 9.59 Å². The number of hydrogen-bond donors (Lipinski definition) is 1. The lowest BCUT2D eigenvalue weighted by Crippen LogP contribution is -2.61. The Hall–Kier alpha value is -1.88. The van der Waals surface area contributed by atoms with Gasteiger partial charge < -0.3 is 15.0 Å². The molecule has 39 heavy (non-hydrogen) atoms. The lowest BCUT2D eigenvalue weighted by atomic mass is 9.47. The van der Waals surface area contributed by atoms with Crippen LogP contribution in [-0.4, -0.2) is 42.3 Å². The summed E-state index contributed by atoms with van der Waals surface area (Å²) >= 11 is 0. The molecule has 0 radical (unpaired) electrons. The molecule has 1 saturated heterocycles. The number of carbonyl (C=O) groups is 2. The van der Waals surface area contributed by atoms with Crippen LogP contribution in [0.5, 0.6) is 5.75 Å². The van der Waals surface area contributed by atoms with E-state index in [9.17, 15) is 9.59 Å². The van der Waals surface area contributed by atoms with Crippen LogP contribution in [0.1, 0.15) is 116 Å². The zero-order valence-electron chi connectivity index (χ0n) is 25.1. The molecular weight excluding hydrogens is 484 g/mol. The summed E-state index contributed by atoms with van der Waals surface area (Å²) in [5.74, 6) is 3.45. The van der Waals surface area contributed by atoms with Gasteiger partial charge in [-0.3, -0.25) is 9.59 Å². The predicted molar refractivity (Wildman–Crippen MR) is 157 cm³/mol. The summed E-state index contributed by atoms with van der Waals surface area (Å²) in [6.07, 6.45) is 12.0. The molecular formula is C34H52N2O3. The molecule has 216 valence electrons. The van der Waals surface area contributed by atoms with E-state index in [0.717, 1.165) is 76.4 Å². The van der Waals surface area contributed by atoms with Crippen LogP contribution in [0.4, 0.5) is 0 Å². The molecule has 4 aliphatic rings. The first-order chi connectivity index (χ1) is 18.8. The van der Waals surface area contributed by atoms with Gasteiger partial charge in [0, 0.05) is 43.4 Å². The lowest BCUT2D eigenvalue weighted by molar-refractivity contribution is -0.160. The van der Waals surface area contributed by atoms with Crippen LogP contribution >= 0.6 is 0 Å². The van der Waals surface area contributed by atoms with Gasteiger partial charge in [0.05, 0.1) is 6.61 Å². The Balaban J connectivity index is 1.26. The Kier molecular flexibility index (Phi) is 8.48. The first-order valence-electron chi connectivity index (χ1n) is 16.0. The van der Waals surface area contributed by atoms with Crippen LogP contribution in [0.2, 0.25) is 0 Å². The van der Waals surface area contributed by atoms with E-state index < -0.39 is 0 Å². The van der Waals surface area contributed by atoms with Crippen molar-refractivity contribution in [3.8, 4) is 5.75 Å². The number of nitrogens with one attached hydrogen (secondary N) is 1. The molecule has 5 nitrogen and oxygen atoms in total. The van der Waals surface area contributed by atoms with Crippen molar-refractivity contribution in [2.45, 2.75) is 123 Å². The molecule has 5 rings (SSSR count). The Morgan fingerprint density at radius 3 is 2.54 bits per heavy atom. The minimum Gasteiger partial charge on any atom is -0.494 e. The highest BCUT2D eigenvalue weighted by Gasteiger charge is 2.62. The van der Waals surface area contributed by atoms with E-state index >= 15 is 0 Å². The SMILES string of the molecule is CCC(CC)NC(CC)c1cccc(OCC[C@]23CCC4C(CCC5N(C)C(=O)CC[C@]45C)C2CCC3=O)c1. The van der Waals surface area contributed by atoms with Gasteiger partial charge >= 0.3 is 0 Å². The molecule has 1 N–H and O–H groups in total. The minimum absolute atomic E-state index is 0.193. The Morgan fingerprint density at radius 2 is 1.79 bits per heavy atom. The van der Waals surface area contributed by atoms with Gasteiger partial charge in [-0.2, -0.15) is 0 Å². The van der Waals surface area contributed by atoms with Gasteiger partial charge in [0.2, 0.25) is 5.91 Å². The first kappa shape index (κ1) is 28.6. The molecule has 0 aromatic heterocycles. The molecule has 0 bridgehead atoms. The Bertz CT molecular complexity index is 1040. The van der Waals surface area contributed by atoms with Gasteiger partial charge in [0.1, 0.15) is 11.5 Å². The van der Waals surface area contributed by atoms with Gasteiger partial charge in [-0.1, -0.05) is 39.8 Å². The van der Waals surface area contributed by atoms with E-state index in [1.54, 1.807) is 0 Å². The van der Waals surface area contributed by atoms with Crippen LogP contribution < -0.4 is 10.1 Å². The zero-order valence-corrected chi connectivity index (χ0v) is 25.1. The number of amides is 1. The number of Topliss-reactive ketones (excluding diaryl/α,β-unsaturated/α-hetero) is 1. The van der Waals surface area contributed by atoms with E-state index in [1.165, 1.54) is 5.56 Å². The molecule has 1 aliphatic heterocycles. The van der Waals surface area contributed by atoms with Gasteiger partial charge in [-0.05, 0) is 105 Å². The zero-order chi connectivity index (χ0) is 27.8. The lowest BCUT2D eigenvalue weighted by Gasteiger charge is -2.61. The maximum atomic E-state index is 13.5. The number of rotatable bonds is 10. The Morgan fingerprint density at radius 1 is 1.00 bits per heavy atom. The quantitative estimate of drug-likeness (QED) is 0.347. The molecule has 3 aliphatic carbocycles. The summed E-state index contributed by atoms with van der Waals surface area (Å²) in [4.78, 5) is 28.1. The van der Waals surface area contributed by atoms with Gasteiger partial charge in [0.25, 0.3) is 0 Å². The molecule has 7 atom stereocenters. The number of piperidine rings is 1. The highest BCUT2D eigenvalue weighted by atomic mass is 16.5. The highest BCUT2D eigenvalue weighted by Crippen LogP contribution is 2.64. The summed E-state index contributed by atoms with van der Waals surface area (Å²) in [7, 11) is 2.02. The number of hydrogen-bond acceptors (Lipinski definition) is 4. The van der Waals surface area contributed by atoms with Crippen molar-refractivity contribution in [2.24, 2.45) is 28.6 Å². The Labute approximate surface area is 236 Å². The summed E-state index contributed by atoms with van der Waals surface area (Å²) < 4.78 is 6.40. The molecule has 5 heteroatoms. The summed E-state index contributed by atoms with van der Waals surface area (Å²) in [6.45, 7) is 9.80. The third kappa shape index (κ3) is 5.06. The normalized spacial score (nSPS) is 35.0. The van der Waals surface area contributed by atoms with E-state index in [2.05, 4.69) is 62.2 Å². The van der Waals surface area contributed by atoms with E-state index in [4.69, 9.17) is 4.74 Å². The van der Waals surface area contributed by atoms with Crippen LogP contribution in [0.15, 0.2) is 24.3 Å². The van der Waals surface area contributed by atoms with Crippen molar-refractivity contribution in [3.05, 3.63) is 29.8 Å². The van der Waals surface area contributed by atoms with E-state index in [0.29, 0.717) is 60.6 Å². The van der Waals surface area contributed by atoms with Crippen LogP contribution in [0.25, 0.3) is 0 Å². The summed E-state index contributed by atoms with van der Waals surface area (Å²) in [6, 6.07) is 9.82. The maximum Gasteiger partial charge on any atom is 0.222 e. The van der Waals surface area contributed by atoms with Crippen molar-refractivity contribution < 1.29 is 14.3 Å². The van der Waals surface area contributed by atoms with Crippen molar-refractivity contribution in [1.82, 2.24) is 10.2 Å². The second-order valence-electron chi connectivity index (χ2n) is 13.4. The molecule has 1 aromatic carbocycles. The van der Waals surface area contributed by atoms with Crippen molar-refractivity contribution in [3.63, 3.8) is 0 Å². The number of carbonyl (C=O) groups excluding carboxylic acids is 2. The third-order valence-corrected chi connectivity index (χ3v) is 11.9. The van der Waals surface area contributed by atoms with Crippen molar-refractivity contribution in [1.29, 1.82) is 0 Å². The minimum atomic E-state index is -0.207. The number of nitrogens with zero attached hydrogens (tertiary/aromatic N) is 1. The number of ketones is 1. The number of benzene rings is 1. The first-order valence-corrected chi connectivity index (χ1v) is 16.0. The van der Waals surface area contributed by atoms with Gasteiger partial charge in [-0.25, -0.2) is 0 Å². The van der Waals surface area contributed by atoms with Crippen LogP contribution in [0.3, 0.4) is 0 Å². The van der Waals surface area contributed by atoms with Crippen molar-refractivity contribution >= 4 is 11.7 Å². The predicted octanol–water partition coefficient (Wildman–Crippen LogP) is 7.10. The van der Waals surface area contributed by atoms with Gasteiger partial charge in [-0.15, -0.1) is 0 Å². The topological polar surface area (TPSA) is 58.6 Å².